The average molecular weight is 790 g/mol. The number of aromatic hydroxyl groups is 1. The van der Waals surface area contributed by atoms with E-state index < -0.39 is 24.0 Å². The van der Waals surface area contributed by atoms with E-state index in [4.69, 9.17) is 10.5 Å². The molecule has 12 nitrogen and oxygen atoms in total. The lowest BCUT2D eigenvalue weighted by Gasteiger charge is -2.37. The highest BCUT2D eigenvalue weighted by Crippen LogP contribution is 2.33. The Hall–Kier alpha value is -3.88. The molecule has 0 bridgehead atoms. The minimum Gasteiger partial charge on any atom is -0.506 e. The van der Waals surface area contributed by atoms with Gasteiger partial charge in [-0.25, -0.2) is 4.79 Å². The number of carbonyl (C=O) groups is 3. The summed E-state index contributed by atoms with van der Waals surface area (Å²) in [5, 5.41) is 18.8. The van der Waals surface area contributed by atoms with Crippen molar-refractivity contribution in [2.45, 2.75) is 44.2 Å². The van der Waals surface area contributed by atoms with E-state index in [2.05, 4.69) is 57.7 Å². The molecule has 1 aliphatic heterocycles. The number of carbonyl (C=O) groups excluding carboxylic acids is 3. The van der Waals surface area contributed by atoms with Gasteiger partial charge in [-0.2, -0.15) is 0 Å². The molecule has 1 aromatic heterocycles. The number of methoxy groups -OCH3 is 1. The van der Waals surface area contributed by atoms with Crippen LogP contribution in [0.3, 0.4) is 0 Å². The van der Waals surface area contributed by atoms with E-state index in [9.17, 15) is 19.5 Å². The van der Waals surface area contributed by atoms with E-state index in [0.717, 1.165) is 17.0 Å². The third-order valence-electron chi connectivity index (χ3n) is 8.19. The van der Waals surface area contributed by atoms with Crippen LogP contribution in [-0.4, -0.2) is 91.3 Å². The smallest absolute Gasteiger partial charge is 0.315 e. The average Bonchev–Trinajstić information content (AvgIpc) is 3.10. The maximum atomic E-state index is 13.9. The molecule has 14 heteroatoms. The highest BCUT2D eigenvalue weighted by molar-refractivity contribution is 9.11. The third-order valence-corrected chi connectivity index (χ3v) is 9.40. The third kappa shape index (κ3) is 10.6. The van der Waals surface area contributed by atoms with Gasteiger partial charge < -0.3 is 41.3 Å². The van der Waals surface area contributed by atoms with Crippen molar-refractivity contribution in [1.82, 2.24) is 25.8 Å². The number of hydrogen-bond donors (Lipinski definition) is 5. The summed E-state index contributed by atoms with van der Waals surface area (Å²) in [6, 6.07) is 12.5. The fraction of sp³-hybridized carbons (Fsp3) is 0.412. The number of nitrogens with zero attached hydrogens (tertiary/aromatic N) is 3. The lowest BCUT2D eigenvalue weighted by Crippen LogP contribution is -2.58. The van der Waals surface area contributed by atoms with Crippen molar-refractivity contribution in [1.29, 1.82) is 0 Å². The Bertz CT molecular complexity index is 1500. The number of urea groups is 1. The first-order chi connectivity index (χ1) is 23.2. The second kappa shape index (κ2) is 18.6. The van der Waals surface area contributed by atoms with Gasteiger partial charge in [0, 0.05) is 57.2 Å². The van der Waals surface area contributed by atoms with E-state index in [1.807, 2.05) is 36.4 Å². The zero-order valence-corrected chi connectivity index (χ0v) is 30.1. The van der Waals surface area contributed by atoms with Crippen LogP contribution in [0.2, 0.25) is 0 Å². The van der Waals surface area contributed by atoms with Gasteiger partial charge >= 0.3 is 6.03 Å². The molecule has 0 saturated carbocycles. The van der Waals surface area contributed by atoms with Crippen LogP contribution in [0, 0.1) is 0 Å². The number of phenolic OH excluding ortho intramolecular Hbond substituents is 1. The first-order valence-corrected chi connectivity index (χ1v) is 17.6. The number of nitrogens with two attached hydrogens (primary N) is 1. The minimum absolute atomic E-state index is 0.0244. The molecule has 6 N–H and O–H groups in total. The highest BCUT2D eigenvalue weighted by atomic mass is 79.9. The first-order valence-electron chi connectivity index (χ1n) is 16.0. The zero-order chi connectivity index (χ0) is 34.5. The van der Waals surface area contributed by atoms with E-state index in [0.29, 0.717) is 79.5 Å². The van der Waals surface area contributed by atoms with Crippen LogP contribution < -0.4 is 31.3 Å². The Morgan fingerprint density at radius 3 is 2.33 bits per heavy atom. The number of nitrogens with one attached hydrogen (secondary N) is 3. The van der Waals surface area contributed by atoms with Crippen molar-refractivity contribution in [3.8, 4) is 11.5 Å². The fourth-order valence-corrected chi connectivity index (χ4v) is 6.87. The second-order valence-corrected chi connectivity index (χ2v) is 13.2. The van der Waals surface area contributed by atoms with Crippen LogP contribution in [0.15, 0.2) is 69.9 Å². The van der Waals surface area contributed by atoms with E-state index in [1.165, 1.54) is 0 Å². The zero-order valence-electron chi connectivity index (χ0n) is 27.0. The number of unbranched alkanes of at least 4 members (excludes halogenated alkanes) is 1. The van der Waals surface area contributed by atoms with Gasteiger partial charge in [-0.3, -0.25) is 14.6 Å². The van der Waals surface area contributed by atoms with Gasteiger partial charge in [-0.05, 0) is 106 Å². The summed E-state index contributed by atoms with van der Waals surface area (Å²) in [6.45, 7) is 3.12. The number of para-hydroxylation sites is 1. The number of hydrogen-bond acceptors (Lipinski definition) is 8. The van der Waals surface area contributed by atoms with Crippen LogP contribution in [0.4, 0.5) is 10.5 Å². The number of halogens is 2. The molecular formula is C34H43Br2N7O5. The number of benzene rings is 2. The Kier molecular flexibility index (Phi) is 14.3. The molecule has 4 rings (SSSR count). The summed E-state index contributed by atoms with van der Waals surface area (Å²) in [5.74, 6) is 0.0996. The van der Waals surface area contributed by atoms with Gasteiger partial charge in [0.1, 0.15) is 23.6 Å². The predicted molar refractivity (Wildman–Crippen MR) is 192 cm³/mol. The lowest BCUT2D eigenvalue weighted by atomic mass is 10.0. The number of phenols is 1. The van der Waals surface area contributed by atoms with Crippen LogP contribution in [-0.2, 0) is 22.4 Å². The quantitative estimate of drug-likeness (QED) is 0.146. The molecule has 48 heavy (non-hydrogen) atoms. The summed E-state index contributed by atoms with van der Waals surface area (Å²) in [7, 11) is 1.60. The molecule has 2 atom stereocenters. The van der Waals surface area contributed by atoms with Crippen molar-refractivity contribution >= 4 is 55.4 Å². The Balaban J connectivity index is 1.46. The Morgan fingerprint density at radius 2 is 1.67 bits per heavy atom. The van der Waals surface area contributed by atoms with Crippen molar-refractivity contribution in [3.05, 3.63) is 81.0 Å². The Labute approximate surface area is 298 Å². The molecule has 0 radical (unpaired) electrons. The summed E-state index contributed by atoms with van der Waals surface area (Å²) in [4.78, 5) is 48.9. The predicted octanol–water partition coefficient (Wildman–Crippen LogP) is 3.74. The molecule has 1 fully saturated rings. The molecule has 3 aromatic rings. The van der Waals surface area contributed by atoms with Gasteiger partial charge in [-0.1, -0.05) is 18.2 Å². The van der Waals surface area contributed by atoms with Crippen LogP contribution in [0.25, 0.3) is 0 Å². The number of anilines is 1. The maximum Gasteiger partial charge on any atom is 0.315 e. The summed E-state index contributed by atoms with van der Waals surface area (Å²) in [6.07, 6.45) is 5.91. The van der Waals surface area contributed by atoms with Crippen LogP contribution in [0.5, 0.6) is 11.5 Å². The van der Waals surface area contributed by atoms with Gasteiger partial charge in [0.25, 0.3) is 0 Å². The van der Waals surface area contributed by atoms with Crippen LogP contribution in [0.1, 0.15) is 30.4 Å². The molecule has 258 valence electrons. The van der Waals surface area contributed by atoms with Crippen LogP contribution >= 0.6 is 31.9 Å². The van der Waals surface area contributed by atoms with Gasteiger partial charge in [0.2, 0.25) is 11.8 Å². The SMILES string of the molecule is COc1ccccc1CCNC(=O)N[C@@H](Cc1cc(Br)c(O)c(Br)c1)C(=O)N[C@@H](CCCCN)C(=O)N1CCN(c2ccncc2)CC1. The van der Waals surface area contributed by atoms with Crippen molar-refractivity contribution < 1.29 is 24.2 Å². The van der Waals surface area contributed by atoms with Crippen molar-refractivity contribution in [3.63, 3.8) is 0 Å². The van der Waals surface area contributed by atoms with E-state index >= 15 is 0 Å². The molecule has 1 saturated heterocycles. The Morgan fingerprint density at radius 1 is 0.979 bits per heavy atom. The molecule has 4 amide bonds. The normalized spacial score (nSPS) is 14.2. The summed E-state index contributed by atoms with van der Waals surface area (Å²) in [5.41, 5.74) is 8.41. The standard InChI is InChI=1S/C34H43Br2N7O5/c1-48-30-8-3-2-6-24(30)9-15-39-34(47)41-29(22-23-20-26(35)31(44)27(36)21-23)32(45)40-28(7-4-5-12-37)33(46)43-18-16-42(17-19-43)25-10-13-38-14-11-25/h2-3,6,8,10-11,13-14,20-21,28-29,44H,4-5,7,9,12,15-19,22,37H2,1H3,(H,40,45)(H2,39,41,47)/t28-,29-/m0/s1. The van der Waals surface area contributed by atoms with Gasteiger partial charge in [0.05, 0.1) is 16.1 Å². The van der Waals surface area contributed by atoms with Crippen molar-refractivity contribution in [2.75, 3.05) is 51.3 Å². The van der Waals surface area contributed by atoms with Crippen molar-refractivity contribution in [2.24, 2.45) is 5.73 Å². The number of aromatic nitrogens is 1. The second-order valence-electron chi connectivity index (χ2n) is 11.5. The highest BCUT2D eigenvalue weighted by Gasteiger charge is 2.31. The van der Waals surface area contributed by atoms with Gasteiger partial charge in [0.15, 0.2) is 0 Å². The first kappa shape index (κ1) is 36.9. The molecule has 0 aliphatic carbocycles. The summed E-state index contributed by atoms with van der Waals surface area (Å²) >= 11 is 6.69. The topological polar surface area (TPSA) is 162 Å². The summed E-state index contributed by atoms with van der Waals surface area (Å²) < 4.78 is 6.28. The van der Waals surface area contributed by atoms with Gasteiger partial charge in [-0.15, -0.1) is 0 Å². The fourth-order valence-electron chi connectivity index (χ4n) is 5.59. The molecular weight excluding hydrogens is 746 g/mol. The number of amides is 4. The lowest BCUT2D eigenvalue weighted by molar-refractivity contribution is -0.137. The molecule has 2 aromatic carbocycles. The number of rotatable bonds is 15. The number of ether oxygens (including phenoxy) is 1. The number of piperazine rings is 1. The molecule has 0 spiro atoms. The monoisotopic (exact) mass is 787 g/mol. The molecule has 1 aliphatic rings. The van der Waals surface area contributed by atoms with E-state index in [1.54, 1.807) is 36.5 Å². The maximum absolute atomic E-state index is 13.9. The molecule has 0 unspecified atom stereocenters. The number of pyridine rings is 1. The minimum atomic E-state index is -1.02. The largest absolute Gasteiger partial charge is 0.506 e. The molecule has 2 heterocycles. The van der Waals surface area contributed by atoms with E-state index in [-0.39, 0.29) is 18.1 Å².